The standard InChI is InChI=1S/C26H26F5N3O2S2/c27-38(28,29,30,31)24-12-6-21(7-13-24)33-20-4-10-23(11-5-20)37(32,36)22-8-1-17(2-9-22)18-3-14-25-19(15-18)16-26(35)34-25/h1-3,6-9,12-15,20,23,32-33H,4-5,10-11,16H2,(H,34,35). The van der Waals surface area contributed by atoms with Crippen molar-refractivity contribution >= 4 is 37.2 Å². The lowest BCUT2D eigenvalue weighted by Crippen LogP contribution is -2.32. The van der Waals surface area contributed by atoms with Crippen LogP contribution < -0.4 is 10.6 Å². The SMILES string of the molecule is N=S(=O)(c1ccc(-c2ccc3c(c2)CC(=O)N3)cc1)C1CCC(Nc2ccc(S(F)(F)(F)(F)F)cc2)CC1. The number of halogens is 5. The Morgan fingerprint density at radius 1 is 0.842 bits per heavy atom. The number of hydrogen-bond acceptors (Lipinski definition) is 4. The predicted molar refractivity (Wildman–Crippen MR) is 141 cm³/mol. The van der Waals surface area contributed by atoms with Gasteiger partial charge in [-0.1, -0.05) is 37.6 Å². The molecule has 1 saturated carbocycles. The van der Waals surface area contributed by atoms with E-state index in [0.29, 0.717) is 54.8 Å². The number of carbonyl (C=O) groups is 1. The van der Waals surface area contributed by atoms with Crippen LogP contribution in [0.4, 0.5) is 30.8 Å². The molecule has 1 fully saturated rings. The molecular weight excluding hydrogens is 545 g/mol. The summed E-state index contributed by atoms with van der Waals surface area (Å²) >= 11 is 0. The second-order valence-electron chi connectivity index (χ2n) is 9.83. The first-order valence-corrected chi connectivity index (χ1v) is 15.6. The fraction of sp³-hybridized carbons (Fsp3) is 0.269. The summed E-state index contributed by atoms with van der Waals surface area (Å²) in [5.41, 5.74) is 3.82. The first kappa shape index (κ1) is 26.5. The van der Waals surface area contributed by atoms with Crippen molar-refractivity contribution in [3.8, 4) is 11.1 Å². The van der Waals surface area contributed by atoms with Crippen LogP contribution in [0.2, 0.25) is 0 Å². The Bertz CT molecular complexity index is 1500. The zero-order chi connectivity index (χ0) is 27.4. The van der Waals surface area contributed by atoms with Crippen molar-refractivity contribution in [1.29, 1.82) is 4.78 Å². The summed E-state index contributed by atoms with van der Waals surface area (Å²) < 4.78 is 86.7. The van der Waals surface area contributed by atoms with Crippen LogP contribution in [0.25, 0.3) is 11.1 Å². The van der Waals surface area contributed by atoms with Crippen molar-refractivity contribution in [2.24, 2.45) is 0 Å². The molecule has 0 aromatic heterocycles. The number of rotatable bonds is 6. The Morgan fingerprint density at radius 2 is 1.45 bits per heavy atom. The molecule has 0 spiro atoms. The normalized spacial score (nSPS) is 22.9. The second kappa shape index (κ2) is 8.44. The van der Waals surface area contributed by atoms with Gasteiger partial charge in [0.25, 0.3) is 0 Å². The molecule has 38 heavy (non-hydrogen) atoms. The van der Waals surface area contributed by atoms with E-state index in [9.17, 15) is 28.4 Å². The number of hydrogen-bond donors (Lipinski definition) is 3. The highest BCUT2D eigenvalue weighted by molar-refractivity contribution is 8.45. The average Bonchev–Trinajstić information content (AvgIpc) is 3.22. The molecular formula is C26H26F5N3O2S2. The van der Waals surface area contributed by atoms with Crippen LogP contribution in [-0.4, -0.2) is 21.4 Å². The van der Waals surface area contributed by atoms with Crippen LogP contribution in [0.15, 0.2) is 76.5 Å². The topological polar surface area (TPSA) is 82.0 Å². The van der Waals surface area contributed by atoms with Gasteiger partial charge < -0.3 is 10.6 Å². The Labute approximate surface area is 217 Å². The summed E-state index contributed by atoms with van der Waals surface area (Å²) in [4.78, 5) is 10.1. The highest BCUT2D eigenvalue weighted by atomic mass is 32.5. The first-order valence-electron chi connectivity index (χ1n) is 12.0. The van der Waals surface area contributed by atoms with Gasteiger partial charge in [0.05, 0.1) is 16.1 Å². The average molecular weight is 572 g/mol. The molecule has 1 aliphatic heterocycles. The van der Waals surface area contributed by atoms with Crippen LogP contribution in [0.1, 0.15) is 31.2 Å². The molecule has 5 rings (SSSR count). The van der Waals surface area contributed by atoms with Crippen molar-refractivity contribution in [1.82, 2.24) is 0 Å². The molecule has 0 saturated heterocycles. The monoisotopic (exact) mass is 571 g/mol. The predicted octanol–water partition coefficient (Wildman–Crippen LogP) is 8.33. The van der Waals surface area contributed by atoms with E-state index in [0.717, 1.165) is 34.5 Å². The van der Waals surface area contributed by atoms with E-state index in [-0.39, 0.29) is 17.2 Å². The molecule has 1 heterocycles. The summed E-state index contributed by atoms with van der Waals surface area (Å²) in [5, 5.41) is 5.48. The molecule has 1 amide bonds. The quantitative estimate of drug-likeness (QED) is 0.260. The van der Waals surface area contributed by atoms with Gasteiger partial charge in [-0.15, -0.1) is 0 Å². The summed E-state index contributed by atoms with van der Waals surface area (Å²) in [6.07, 6.45) is 2.39. The van der Waals surface area contributed by atoms with E-state index in [1.165, 1.54) is 0 Å². The minimum atomic E-state index is -9.71. The van der Waals surface area contributed by atoms with Gasteiger partial charge in [-0.2, -0.15) is 0 Å². The molecule has 5 nitrogen and oxygen atoms in total. The lowest BCUT2D eigenvalue weighted by molar-refractivity contribution is -0.115. The van der Waals surface area contributed by atoms with Crippen LogP contribution >= 0.6 is 10.2 Å². The third-order valence-electron chi connectivity index (χ3n) is 7.08. The number of benzene rings is 3. The molecule has 0 radical (unpaired) electrons. The molecule has 204 valence electrons. The van der Waals surface area contributed by atoms with E-state index in [1.54, 1.807) is 12.1 Å². The minimum absolute atomic E-state index is 0.0450. The maximum absolute atomic E-state index is 13.5. The Hall–Kier alpha value is -3.12. The molecule has 0 bridgehead atoms. The summed E-state index contributed by atoms with van der Waals surface area (Å²) in [6, 6.07) is 15.3. The van der Waals surface area contributed by atoms with Crippen LogP contribution in [-0.2, 0) is 20.9 Å². The number of carbonyl (C=O) groups excluding carboxylic acids is 1. The van der Waals surface area contributed by atoms with Crippen molar-refractivity contribution in [2.45, 2.75) is 53.2 Å². The molecule has 3 N–H and O–H groups in total. The van der Waals surface area contributed by atoms with Crippen molar-refractivity contribution in [3.05, 3.63) is 72.3 Å². The highest BCUT2D eigenvalue weighted by Crippen LogP contribution is 3.02. The summed E-state index contributed by atoms with van der Waals surface area (Å²) in [6.45, 7) is 0. The maximum Gasteiger partial charge on any atom is 0.310 e. The van der Waals surface area contributed by atoms with Gasteiger partial charge >= 0.3 is 10.2 Å². The van der Waals surface area contributed by atoms with Gasteiger partial charge in [-0.05, 0) is 90.9 Å². The van der Waals surface area contributed by atoms with Crippen LogP contribution in [0.5, 0.6) is 0 Å². The molecule has 2 aliphatic rings. The van der Waals surface area contributed by atoms with Crippen molar-refractivity contribution in [2.75, 3.05) is 10.6 Å². The second-order valence-corrected chi connectivity index (χ2v) is 14.6. The van der Waals surface area contributed by atoms with Gasteiger partial charge in [-0.25, -0.2) is 8.99 Å². The third kappa shape index (κ3) is 5.51. The fourth-order valence-corrected chi connectivity index (χ4v) is 7.55. The van der Waals surface area contributed by atoms with Gasteiger partial charge in [-0.3, -0.25) is 4.79 Å². The minimum Gasteiger partial charge on any atom is -0.382 e. The van der Waals surface area contributed by atoms with E-state index in [2.05, 4.69) is 10.6 Å². The van der Waals surface area contributed by atoms with E-state index < -0.39 is 24.8 Å². The lowest BCUT2D eigenvalue weighted by atomic mass is 9.95. The van der Waals surface area contributed by atoms with Crippen LogP contribution in [0.3, 0.4) is 0 Å². The number of anilines is 2. The lowest BCUT2D eigenvalue weighted by Gasteiger charge is -2.40. The van der Waals surface area contributed by atoms with E-state index in [4.69, 9.17) is 4.78 Å². The molecule has 1 atom stereocenters. The summed E-state index contributed by atoms with van der Waals surface area (Å²) in [7, 11) is -12.8. The zero-order valence-electron chi connectivity index (χ0n) is 20.1. The maximum atomic E-state index is 13.5. The van der Waals surface area contributed by atoms with Gasteiger partial charge in [0.15, 0.2) is 0 Å². The fourth-order valence-electron chi connectivity index (χ4n) is 5.03. The summed E-state index contributed by atoms with van der Waals surface area (Å²) in [5.74, 6) is -0.0450. The highest BCUT2D eigenvalue weighted by Gasteiger charge is 2.65. The van der Waals surface area contributed by atoms with E-state index >= 15 is 0 Å². The van der Waals surface area contributed by atoms with Gasteiger partial charge in [0.1, 0.15) is 4.90 Å². The third-order valence-corrected chi connectivity index (χ3v) is 10.6. The van der Waals surface area contributed by atoms with Crippen LogP contribution in [0, 0.1) is 4.78 Å². The largest absolute Gasteiger partial charge is 0.382 e. The Kier molecular flexibility index (Phi) is 5.88. The van der Waals surface area contributed by atoms with Crippen molar-refractivity contribution in [3.63, 3.8) is 0 Å². The molecule has 1 aliphatic carbocycles. The Morgan fingerprint density at radius 3 is 2.05 bits per heavy atom. The van der Waals surface area contributed by atoms with Gasteiger partial charge in [0, 0.05) is 27.6 Å². The smallest absolute Gasteiger partial charge is 0.310 e. The first-order chi connectivity index (χ1) is 17.6. The van der Waals surface area contributed by atoms with E-state index in [1.807, 2.05) is 30.3 Å². The Balaban J connectivity index is 1.21. The molecule has 3 aromatic rings. The number of amides is 1. The van der Waals surface area contributed by atoms with Crippen molar-refractivity contribution < 1.29 is 28.4 Å². The zero-order valence-corrected chi connectivity index (χ0v) is 21.7. The molecule has 1 unspecified atom stereocenters. The van der Waals surface area contributed by atoms with Gasteiger partial charge in [0.2, 0.25) is 5.91 Å². The molecule has 12 heteroatoms. The molecule has 3 aromatic carbocycles. The number of nitrogens with one attached hydrogen (secondary N) is 3. The number of fused-ring (bicyclic) bond motifs is 1.